The van der Waals surface area contributed by atoms with Crippen LogP contribution in [0.2, 0.25) is 0 Å². The van der Waals surface area contributed by atoms with Gasteiger partial charge < -0.3 is 4.90 Å². The Kier molecular flexibility index (Phi) is 5.80. The highest BCUT2D eigenvalue weighted by Gasteiger charge is 2.42. The number of nitrogens with zero attached hydrogens (tertiary/aromatic N) is 4. The Labute approximate surface area is 127 Å². The molecular formula is C14H22F4N4. The van der Waals surface area contributed by atoms with Crippen molar-refractivity contribution in [1.82, 2.24) is 19.6 Å². The lowest BCUT2D eigenvalue weighted by Gasteiger charge is -2.36. The van der Waals surface area contributed by atoms with E-state index in [4.69, 9.17) is 0 Å². The quantitative estimate of drug-likeness (QED) is 0.716. The molecule has 2 heterocycles. The van der Waals surface area contributed by atoms with Crippen LogP contribution in [0.4, 0.5) is 17.6 Å². The van der Waals surface area contributed by atoms with Gasteiger partial charge in [-0.2, -0.15) is 13.9 Å². The van der Waals surface area contributed by atoms with Gasteiger partial charge in [0, 0.05) is 39.4 Å². The summed E-state index contributed by atoms with van der Waals surface area (Å²) in [4.78, 5) is 3.61. The molecule has 1 aliphatic rings. The zero-order chi connectivity index (χ0) is 16.2. The lowest BCUT2D eigenvalue weighted by molar-refractivity contribution is -0.145. The number of aryl methyl sites for hydroxylation is 2. The molecule has 0 amide bonds. The number of aromatic nitrogens is 2. The zero-order valence-electron chi connectivity index (χ0n) is 12.7. The normalized spacial score (nSPS) is 18.3. The molecule has 0 aliphatic carbocycles. The topological polar surface area (TPSA) is 24.3 Å². The molecule has 0 spiro atoms. The van der Waals surface area contributed by atoms with Crippen molar-refractivity contribution in [2.75, 3.05) is 39.3 Å². The van der Waals surface area contributed by atoms with Crippen LogP contribution in [-0.4, -0.2) is 71.2 Å². The van der Waals surface area contributed by atoms with Crippen molar-refractivity contribution >= 4 is 0 Å². The van der Waals surface area contributed by atoms with Gasteiger partial charge in [-0.15, -0.1) is 0 Å². The predicted octanol–water partition coefficient (Wildman–Crippen LogP) is 1.87. The van der Waals surface area contributed by atoms with Gasteiger partial charge >= 0.3 is 12.3 Å². The lowest BCUT2D eigenvalue weighted by atomic mass is 10.2. The van der Waals surface area contributed by atoms with Gasteiger partial charge in [-0.1, -0.05) is 0 Å². The number of piperazine rings is 1. The van der Waals surface area contributed by atoms with Crippen LogP contribution in [-0.2, 0) is 13.5 Å². The Morgan fingerprint density at radius 1 is 1.18 bits per heavy atom. The molecule has 126 valence electrons. The summed E-state index contributed by atoms with van der Waals surface area (Å²) in [5.41, 5.74) is 1.18. The molecule has 1 aliphatic heterocycles. The highest BCUT2D eigenvalue weighted by molar-refractivity contribution is 5.03. The Bertz CT molecular complexity index is 455. The third-order valence-electron chi connectivity index (χ3n) is 3.92. The van der Waals surface area contributed by atoms with E-state index in [1.54, 1.807) is 4.68 Å². The first-order chi connectivity index (χ1) is 10.4. The molecule has 0 bridgehead atoms. The molecule has 0 atom stereocenters. The fourth-order valence-electron chi connectivity index (χ4n) is 2.65. The van der Waals surface area contributed by atoms with Gasteiger partial charge in [0.05, 0.1) is 12.7 Å². The maximum Gasteiger partial charge on any atom is 0.319 e. The minimum absolute atomic E-state index is 0.412. The Hall–Kier alpha value is -1.15. The van der Waals surface area contributed by atoms with Crippen LogP contribution in [0, 0.1) is 0 Å². The maximum atomic E-state index is 13.0. The third kappa shape index (κ3) is 4.95. The number of rotatable bonds is 7. The van der Waals surface area contributed by atoms with E-state index in [0.29, 0.717) is 26.2 Å². The van der Waals surface area contributed by atoms with Crippen LogP contribution in [0.3, 0.4) is 0 Å². The van der Waals surface area contributed by atoms with Crippen molar-refractivity contribution in [2.24, 2.45) is 7.05 Å². The second kappa shape index (κ2) is 7.41. The summed E-state index contributed by atoms with van der Waals surface area (Å²) in [5.74, 6) is -3.91. The standard InChI is InChI=1S/C14H22F4N4/c1-20-10-12(9-19-20)3-2-4-21-5-7-22(8-6-21)11-14(17,18)13(15)16/h9-10,13H,2-8,11H2,1H3. The average molecular weight is 322 g/mol. The predicted molar refractivity (Wildman–Crippen MR) is 75.4 cm³/mol. The molecule has 4 nitrogen and oxygen atoms in total. The van der Waals surface area contributed by atoms with Gasteiger partial charge in [0.2, 0.25) is 0 Å². The van der Waals surface area contributed by atoms with Crippen LogP contribution >= 0.6 is 0 Å². The molecular weight excluding hydrogens is 300 g/mol. The lowest BCUT2D eigenvalue weighted by Crippen LogP contribution is -2.51. The third-order valence-corrected chi connectivity index (χ3v) is 3.92. The monoisotopic (exact) mass is 322 g/mol. The smallest absolute Gasteiger partial charge is 0.301 e. The molecule has 0 aromatic carbocycles. The number of hydrogen-bond donors (Lipinski definition) is 0. The van der Waals surface area contributed by atoms with Crippen molar-refractivity contribution in [3.63, 3.8) is 0 Å². The molecule has 2 rings (SSSR count). The number of halogens is 4. The van der Waals surface area contributed by atoms with E-state index in [2.05, 4.69) is 10.00 Å². The molecule has 0 N–H and O–H groups in total. The Morgan fingerprint density at radius 3 is 2.36 bits per heavy atom. The molecule has 1 aromatic rings. The summed E-state index contributed by atoms with van der Waals surface area (Å²) in [5, 5.41) is 4.10. The summed E-state index contributed by atoms with van der Waals surface area (Å²) >= 11 is 0. The van der Waals surface area contributed by atoms with E-state index in [1.807, 2.05) is 19.4 Å². The van der Waals surface area contributed by atoms with Crippen LogP contribution in [0.5, 0.6) is 0 Å². The highest BCUT2D eigenvalue weighted by Crippen LogP contribution is 2.24. The van der Waals surface area contributed by atoms with Gasteiger partial charge in [-0.25, -0.2) is 8.78 Å². The van der Waals surface area contributed by atoms with Crippen molar-refractivity contribution in [3.05, 3.63) is 18.0 Å². The average Bonchev–Trinajstić information content (AvgIpc) is 2.86. The van der Waals surface area contributed by atoms with E-state index >= 15 is 0 Å². The molecule has 0 unspecified atom stereocenters. The minimum Gasteiger partial charge on any atom is -0.301 e. The van der Waals surface area contributed by atoms with E-state index in [-0.39, 0.29) is 0 Å². The summed E-state index contributed by atoms with van der Waals surface area (Å²) < 4.78 is 52.1. The van der Waals surface area contributed by atoms with Gasteiger partial charge in [-0.3, -0.25) is 9.58 Å². The van der Waals surface area contributed by atoms with Gasteiger partial charge in [-0.05, 0) is 24.9 Å². The summed E-state index contributed by atoms with van der Waals surface area (Å²) in [6.45, 7) is 2.14. The molecule has 0 saturated carbocycles. The van der Waals surface area contributed by atoms with Crippen LogP contribution < -0.4 is 0 Å². The molecule has 1 fully saturated rings. The maximum absolute atomic E-state index is 13.0. The Balaban J connectivity index is 1.65. The fourth-order valence-corrected chi connectivity index (χ4v) is 2.65. The molecule has 22 heavy (non-hydrogen) atoms. The van der Waals surface area contributed by atoms with E-state index < -0.39 is 18.9 Å². The molecule has 8 heteroatoms. The summed E-state index contributed by atoms with van der Waals surface area (Å²) in [6, 6.07) is 0. The van der Waals surface area contributed by atoms with Crippen molar-refractivity contribution in [2.45, 2.75) is 25.2 Å². The minimum atomic E-state index is -3.91. The second-order valence-corrected chi connectivity index (χ2v) is 5.81. The molecule has 0 radical (unpaired) electrons. The van der Waals surface area contributed by atoms with Gasteiger partial charge in [0.15, 0.2) is 0 Å². The Morgan fingerprint density at radius 2 is 1.82 bits per heavy atom. The van der Waals surface area contributed by atoms with Crippen LogP contribution in [0.15, 0.2) is 12.4 Å². The van der Waals surface area contributed by atoms with Crippen LogP contribution in [0.1, 0.15) is 12.0 Å². The van der Waals surface area contributed by atoms with E-state index in [9.17, 15) is 17.6 Å². The first-order valence-corrected chi connectivity index (χ1v) is 7.45. The zero-order valence-corrected chi connectivity index (χ0v) is 12.7. The first kappa shape index (κ1) is 17.2. The van der Waals surface area contributed by atoms with Crippen molar-refractivity contribution < 1.29 is 17.6 Å². The SMILES string of the molecule is Cn1cc(CCCN2CCN(CC(F)(F)C(F)F)CC2)cn1. The largest absolute Gasteiger partial charge is 0.319 e. The van der Waals surface area contributed by atoms with E-state index in [0.717, 1.165) is 19.4 Å². The van der Waals surface area contributed by atoms with Crippen LogP contribution in [0.25, 0.3) is 0 Å². The highest BCUT2D eigenvalue weighted by atomic mass is 19.3. The van der Waals surface area contributed by atoms with Crippen molar-refractivity contribution in [3.8, 4) is 0 Å². The summed E-state index contributed by atoms with van der Waals surface area (Å²) in [7, 11) is 1.87. The first-order valence-electron chi connectivity index (χ1n) is 7.45. The van der Waals surface area contributed by atoms with Gasteiger partial charge in [0.1, 0.15) is 0 Å². The molecule has 1 aromatic heterocycles. The fraction of sp³-hybridized carbons (Fsp3) is 0.786. The number of hydrogen-bond acceptors (Lipinski definition) is 3. The van der Waals surface area contributed by atoms with E-state index in [1.165, 1.54) is 10.5 Å². The van der Waals surface area contributed by atoms with Gasteiger partial charge in [0.25, 0.3) is 0 Å². The molecule has 1 saturated heterocycles. The second-order valence-electron chi connectivity index (χ2n) is 5.81. The van der Waals surface area contributed by atoms with Crippen molar-refractivity contribution in [1.29, 1.82) is 0 Å². The summed E-state index contributed by atoms with van der Waals surface area (Å²) in [6.07, 6.45) is 2.12. The number of alkyl halides is 4.